The van der Waals surface area contributed by atoms with E-state index in [1.807, 2.05) is 12.1 Å². The summed E-state index contributed by atoms with van der Waals surface area (Å²) in [6.07, 6.45) is 1.75. The van der Waals surface area contributed by atoms with E-state index in [1.165, 1.54) is 17.4 Å². The summed E-state index contributed by atoms with van der Waals surface area (Å²) in [6.45, 7) is 4.08. The van der Waals surface area contributed by atoms with Crippen molar-refractivity contribution in [2.75, 3.05) is 11.3 Å². The maximum absolute atomic E-state index is 12.6. The summed E-state index contributed by atoms with van der Waals surface area (Å²) in [5, 5.41) is 3.54. The third-order valence-corrected chi connectivity index (χ3v) is 8.25. The maximum Gasteiger partial charge on any atom is 0.271 e. The Labute approximate surface area is 170 Å². The van der Waals surface area contributed by atoms with E-state index in [4.69, 9.17) is 0 Å². The number of sulfonamides is 1. The first-order valence-electron chi connectivity index (χ1n) is 8.51. The topological polar surface area (TPSA) is 91.4 Å². The number of H-pyrrole nitrogens is 1. The molecule has 3 heterocycles. The summed E-state index contributed by atoms with van der Waals surface area (Å²) < 4.78 is 28.0. The van der Waals surface area contributed by atoms with Gasteiger partial charge in [-0.2, -0.15) is 0 Å². The molecule has 1 aliphatic rings. The van der Waals surface area contributed by atoms with E-state index in [9.17, 15) is 13.2 Å². The zero-order valence-corrected chi connectivity index (χ0v) is 17.2. The van der Waals surface area contributed by atoms with E-state index in [-0.39, 0.29) is 15.2 Å². The van der Waals surface area contributed by atoms with Gasteiger partial charge in [-0.3, -0.25) is 14.5 Å². The number of hydrogen-bond acceptors (Lipinski definition) is 6. The Morgan fingerprint density at radius 3 is 2.96 bits per heavy atom. The molecule has 0 fully saturated rings. The van der Waals surface area contributed by atoms with Gasteiger partial charge < -0.3 is 4.98 Å². The van der Waals surface area contributed by atoms with Crippen molar-refractivity contribution in [3.05, 3.63) is 60.1 Å². The van der Waals surface area contributed by atoms with Crippen LogP contribution in [0.25, 0.3) is 10.9 Å². The lowest BCUT2D eigenvalue weighted by Crippen LogP contribution is -2.11. The van der Waals surface area contributed by atoms with Crippen LogP contribution in [0, 0.1) is 0 Å². The van der Waals surface area contributed by atoms with Gasteiger partial charge in [-0.05, 0) is 29.7 Å². The van der Waals surface area contributed by atoms with Crippen LogP contribution in [0.3, 0.4) is 0 Å². The van der Waals surface area contributed by atoms with Crippen molar-refractivity contribution in [2.24, 2.45) is 4.99 Å². The highest BCUT2D eigenvalue weighted by Crippen LogP contribution is 2.32. The molecule has 1 unspecified atom stereocenters. The minimum atomic E-state index is -3.63. The highest BCUT2D eigenvalue weighted by atomic mass is 32.2. The molecule has 4 rings (SSSR count). The van der Waals surface area contributed by atoms with Gasteiger partial charge in [0.1, 0.15) is 9.25 Å². The second-order valence-electron chi connectivity index (χ2n) is 6.25. The predicted octanol–water partition coefficient (Wildman–Crippen LogP) is 4.04. The van der Waals surface area contributed by atoms with Crippen molar-refractivity contribution < 1.29 is 13.2 Å². The Bertz CT molecular complexity index is 1180. The van der Waals surface area contributed by atoms with Crippen LogP contribution in [0.2, 0.25) is 0 Å². The lowest BCUT2D eigenvalue weighted by atomic mass is 10.2. The highest BCUT2D eigenvalue weighted by Gasteiger charge is 2.24. The van der Waals surface area contributed by atoms with Gasteiger partial charge >= 0.3 is 0 Å². The molecule has 2 N–H and O–H groups in total. The smallest absolute Gasteiger partial charge is 0.271 e. The van der Waals surface area contributed by atoms with Gasteiger partial charge in [-0.25, -0.2) is 8.42 Å². The van der Waals surface area contributed by atoms with E-state index in [1.54, 1.807) is 41.4 Å². The number of para-hydroxylation sites is 1. The van der Waals surface area contributed by atoms with E-state index < -0.39 is 10.0 Å². The fourth-order valence-electron chi connectivity index (χ4n) is 2.95. The van der Waals surface area contributed by atoms with E-state index in [2.05, 4.69) is 21.3 Å². The first-order valence-corrected chi connectivity index (χ1v) is 11.8. The Kier molecular flexibility index (Phi) is 5.13. The summed E-state index contributed by atoms with van der Waals surface area (Å²) >= 11 is 2.72. The SMILES string of the molecule is C=CC(=O)CC1CN=C(c2cc3cccc(NS(=O)(=O)c4cccs4)c3[nH]2)S1. The molecule has 6 nitrogen and oxygen atoms in total. The maximum atomic E-state index is 12.6. The first kappa shape index (κ1) is 19.0. The molecule has 0 saturated carbocycles. The van der Waals surface area contributed by atoms with Gasteiger partial charge in [0.2, 0.25) is 0 Å². The van der Waals surface area contributed by atoms with Crippen LogP contribution >= 0.6 is 23.1 Å². The van der Waals surface area contributed by atoms with Crippen LogP contribution in [-0.4, -0.2) is 36.0 Å². The molecule has 1 aromatic carbocycles. The number of nitrogens with zero attached hydrogens (tertiary/aromatic N) is 1. The van der Waals surface area contributed by atoms with Crippen LogP contribution in [-0.2, 0) is 14.8 Å². The van der Waals surface area contributed by atoms with Crippen LogP contribution in [0.5, 0.6) is 0 Å². The number of fused-ring (bicyclic) bond motifs is 1. The van der Waals surface area contributed by atoms with Crippen molar-refractivity contribution in [3.63, 3.8) is 0 Å². The number of carbonyl (C=O) groups excluding carboxylic acids is 1. The molecule has 1 atom stereocenters. The molecule has 0 bridgehead atoms. The summed E-state index contributed by atoms with van der Waals surface area (Å²) in [6, 6.07) is 10.7. The van der Waals surface area contributed by atoms with Gasteiger partial charge in [0.25, 0.3) is 10.0 Å². The molecule has 9 heteroatoms. The van der Waals surface area contributed by atoms with Crippen LogP contribution in [0.4, 0.5) is 5.69 Å². The predicted molar refractivity (Wildman–Crippen MR) is 116 cm³/mol. The molecular formula is C19H17N3O3S3. The number of carbonyl (C=O) groups is 1. The summed E-state index contributed by atoms with van der Waals surface area (Å²) in [7, 11) is -3.63. The third kappa shape index (κ3) is 3.78. The average molecular weight is 432 g/mol. The fourth-order valence-corrected chi connectivity index (χ4v) is 6.11. The number of rotatable bonds is 7. The number of nitrogens with one attached hydrogen (secondary N) is 2. The van der Waals surface area contributed by atoms with E-state index in [0.717, 1.165) is 16.1 Å². The monoisotopic (exact) mass is 431 g/mol. The number of anilines is 1. The van der Waals surface area contributed by atoms with Gasteiger partial charge in [-0.15, -0.1) is 11.3 Å². The van der Waals surface area contributed by atoms with E-state index in [0.29, 0.717) is 24.2 Å². The lowest BCUT2D eigenvalue weighted by molar-refractivity contribution is -0.114. The number of aromatic nitrogens is 1. The highest BCUT2D eigenvalue weighted by molar-refractivity contribution is 8.15. The summed E-state index contributed by atoms with van der Waals surface area (Å²) in [4.78, 5) is 19.4. The molecule has 0 aliphatic carbocycles. The van der Waals surface area contributed by atoms with Crippen LogP contribution in [0.15, 0.2) is 63.6 Å². The number of aliphatic imine (C=N–C) groups is 1. The Morgan fingerprint density at radius 2 is 2.21 bits per heavy atom. The van der Waals surface area contributed by atoms with Gasteiger partial charge in [-0.1, -0.05) is 36.5 Å². The minimum absolute atomic E-state index is 0.0101. The lowest BCUT2D eigenvalue weighted by Gasteiger charge is -2.07. The zero-order chi connectivity index (χ0) is 19.7. The number of allylic oxidation sites excluding steroid dienone is 1. The number of ketones is 1. The van der Waals surface area contributed by atoms with Crippen molar-refractivity contribution in [1.82, 2.24) is 4.98 Å². The molecule has 3 aromatic rings. The number of hydrogen-bond donors (Lipinski definition) is 2. The van der Waals surface area contributed by atoms with E-state index >= 15 is 0 Å². The number of thioether (sulfide) groups is 1. The molecule has 1 aliphatic heterocycles. The second-order valence-corrected chi connectivity index (χ2v) is 10.4. The summed E-state index contributed by atoms with van der Waals surface area (Å²) in [5.74, 6) is 0.0101. The van der Waals surface area contributed by atoms with Gasteiger partial charge in [0, 0.05) is 17.1 Å². The third-order valence-electron chi connectivity index (χ3n) is 4.26. The molecule has 0 saturated heterocycles. The molecule has 0 radical (unpaired) electrons. The Balaban J connectivity index is 1.60. The summed E-state index contributed by atoms with van der Waals surface area (Å²) in [5.41, 5.74) is 2.00. The molecule has 144 valence electrons. The van der Waals surface area contributed by atoms with Crippen molar-refractivity contribution in [2.45, 2.75) is 15.9 Å². The second kappa shape index (κ2) is 7.57. The Morgan fingerprint density at radius 1 is 1.36 bits per heavy atom. The molecule has 2 aromatic heterocycles. The van der Waals surface area contributed by atoms with Gasteiger partial charge in [0.15, 0.2) is 5.78 Å². The average Bonchev–Trinajstić information content (AvgIpc) is 3.41. The normalized spacial score (nSPS) is 16.9. The van der Waals surface area contributed by atoms with Crippen molar-refractivity contribution in [1.29, 1.82) is 0 Å². The van der Waals surface area contributed by atoms with Crippen molar-refractivity contribution in [3.8, 4) is 0 Å². The zero-order valence-electron chi connectivity index (χ0n) is 14.7. The Hall–Kier alpha value is -2.36. The molecule has 0 amide bonds. The standard InChI is InChI=1S/C19H17N3O3S3/c1-2-13(23)10-14-11-20-19(27-14)16-9-12-5-3-6-15(18(12)21-16)22-28(24,25)17-7-4-8-26-17/h2-9,14,21-22H,1,10-11H2. The molecule has 28 heavy (non-hydrogen) atoms. The molecular weight excluding hydrogens is 414 g/mol. The van der Waals surface area contributed by atoms with Crippen molar-refractivity contribution >= 4 is 60.5 Å². The quantitative estimate of drug-likeness (QED) is 0.553. The van der Waals surface area contributed by atoms with Gasteiger partial charge in [0.05, 0.1) is 23.4 Å². The number of aromatic amines is 1. The first-order chi connectivity index (χ1) is 13.5. The van der Waals surface area contributed by atoms with Crippen LogP contribution in [0.1, 0.15) is 12.1 Å². The molecule has 0 spiro atoms. The minimum Gasteiger partial charge on any atom is -0.351 e. The van der Waals surface area contributed by atoms with Crippen LogP contribution < -0.4 is 4.72 Å². The number of thiophene rings is 1. The number of benzene rings is 1. The fraction of sp³-hybridized carbons (Fsp3) is 0.158. The largest absolute Gasteiger partial charge is 0.351 e.